The van der Waals surface area contributed by atoms with Gasteiger partial charge in [-0.05, 0) is 25.7 Å². The molecule has 0 spiro atoms. The molecule has 2 rings (SSSR count). The van der Waals surface area contributed by atoms with Crippen LogP contribution < -0.4 is 15.8 Å². The minimum atomic E-state index is -0.0158. The van der Waals surface area contributed by atoms with Crippen LogP contribution in [-0.2, 0) is 0 Å². The Morgan fingerprint density at radius 2 is 2.24 bits per heavy atom. The SMILES string of the molecule is COc1c(NC(C)C2CC2)sc(C(C)=O)c1N. The van der Waals surface area contributed by atoms with Crippen molar-refractivity contribution in [2.24, 2.45) is 5.92 Å². The summed E-state index contributed by atoms with van der Waals surface area (Å²) in [5, 5.41) is 4.27. The third-order valence-corrected chi connectivity index (χ3v) is 4.33. The molecule has 3 N–H and O–H groups in total. The number of carbonyl (C=O) groups excluding carboxylic acids is 1. The first kappa shape index (κ1) is 12.2. The Labute approximate surface area is 105 Å². The number of methoxy groups -OCH3 is 1. The molecule has 1 aliphatic carbocycles. The molecule has 0 amide bonds. The van der Waals surface area contributed by atoms with Gasteiger partial charge in [0.05, 0.1) is 17.7 Å². The Balaban J connectivity index is 2.25. The number of thiophene rings is 1. The van der Waals surface area contributed by atoms with Gasteiger partial charge in [0.25, 0.3) is 0 Å². The number of nitrogens with one attached hydrogen (secondary N) is 1. The van der Waals surface area contributed by atoms with E-state index in [9.17, 15) is 4.79 Å². The van der Waals surface area contributed by atoms with E-state index in [2.05, 4.69) is 12.2 Å². The van der Waals surface area contributed by atoms with Gasteiger partial charge in [-0.1, -0.05) is 0 Å². The molecule has 0 aromatic carbocycles. The van der Waals surface area contributed by atoms with E-state index >= 15 is 0 Å². The minimum absolute atomic E-state index is 0.0158. The second kappa shape index (κ2) is 4.56. The molecule has 1 aliphatic rings. The molecule has 1 aromatic rings. The van der Waals surface area contributed by atoms with E-state index in [4.69, 9.17) is 10.5 Å². The van der Waals surface area contributed by atoms with Crippen molar-refractivity contribution >= 4 is 27.8 Å². The van der Waals surface area contributed by atoms with Crippen LogP contribution in [0.4, 0.5) is 10.7 Å². The summed E-state index contributed by atoms with van der Waals surface area (Å²) < 4.78 is 5.28. The fourth-order valence-corrected chi connectivity index (χ4v) is 2.99. The maximum atomic E-state index is 11.4. The number of ketones is 1. The largest absolute Gasteiger partial charge is 0.492 e. The first-order chi connectivity index (χ1) is 8.04. The van der Waals surface area contributed by atoms with Crippen molar-refractivity contribution in [2.75, 3.05) is 18.2 Å². The molecule has 5 heteroatoms. The zero-order chi connectivity index (χ0) is 12.6. The van der Waals surface area contributed by atoms with Crippen LogP contribution in [-0.4, -0.2) is 18.9 Å². The zero-order valence-corrected chi connectivity index (χ0v) is 11.2. The van der Waals surface area contributed by atoms with Crippen molar-refractivity contribution in [3.8, 4) is 5.75 Å². The number of hydrogen-bond donors (Lipinski definition) is 2. The minimum Gasteiger partial charge on any atom is -0.492 e. The predicted octanol–water partition coefficient (Wildman–Crippen LogP) is 2.75. The molecule has 1 heterocycles. The number of anilines is 2. The van der Waals surface area contributed by atoms with Crippen molar-refractivity contribution in [2.45, 2.75) is 32.7 Å². The lowest BCUT2D eigenvalue weighted by atomic mass is 10.2. The summed E-state index contributed by atoms with van der Waals surface area (Å²) in [5.74, 6) is 1.33. The van der Waals surface area contributed by atoms with Gasteiger partial charge in [0.15, 0.2) is 11.5 Å². The molecule has 94 valence electrons. The van der Waals surface area contributed by atoms with Gasteiger partial charge < -0.3 is 15.8 Å². The Morgan fingerprint density at radius 3 is 2.71 bits per heavy atom. The maximum Gasteiger partial charge on any atom is 0.176 e. The number of nitrogen functional groups attached to an aromatic ring is 1. The van der Waals surface area contributed by atoms with Crippen molar-refractivity contribution in [1.82, 2.24) is 0 Å². The lowest BCUT2D eigenvalue weighted by Gasteiger charge is -2.13. The van der Waals surface area contributed by atoms with Crippen LogP contribution in [0.5, 0.6) is 5.75 Å². The monoisotopic (exact) mass is 254 g/mol. The summed E-state index contributed by atoms with van der Waals surface area (Å²) in [6, 6.07) is 0.404. The van der Waals surface area contributed by atoms with Crippen molar-refractivity contribution in [3.05, 3.63) is 4.88 Å². The molecule has 17 heavy (non-hydrogen) atoms. The lowest BCUT2D eigenvalue weighted by molar-refractivity contribution is 0.102. The second-order valence-corrected chi connectivity index (χ2v) is 5.55. The number of carbonyl (C=O) groups is 1. The molecular formula is C12H18N2O2S. The summed E-state index contributed by atoms with van der Waals surface area (Å²) in [6.45, 7) is 3.68. The third kappa shape index (κ3) is 2.39. The molecule has 4 nitrogen and oxygen atoms in total. The molecule has 0 saturated heterocycles. The Kier molecular flexibility index (Phi) is 3.28. The predicted molar refractivity (Wildman–Crippen MR) is 71.1 cm³/mol. The van der Waals surface area contributed by atoms with Gasteiger partial charge in [0.2, 0.25) is 0 Å². The number of ether oxygens (including phenoxy) is 1. The first-order valence-corrected chi connectivity index (χ1v) is 6.60. The van der Waals surface area contributed by atoms with Crippen molar-refractivity contribution in [1.29, 1.82) is 0 Å². The summed E-state index contributed by atoms with van der Waals surface area (Å²) in [5.41, 5.74) is 6.36. The van der Waals surface area contributed by atoms with Gasteiger partial charge in [-0.25, -0.2) is 0 Å². The molecule has 1 saturated carbocycles. The highest BCUT2D eigenvalue weighted by molar-refractivity contribution is 7.19. The highest BCUT2D eigenvalue weighted by atomic mass is 32.1. The number of nitrogens with two attached hydrogens (primary N) is 1. The van der Waals surface area contributed by atoms with Gasteiger partial charge in [0.1, 0.15) is 5.00 Å². The summed E-state index contributed by atoms with van der Waals surface area (Å²) >= 11 is 1.38. The van der Waals surface area contributed by atoms with E-state index in [1.807, 2.05) is 0 Å². The first-order valence-electron chi connectivity index (χ1n) is 5.78. The van der Waals surface area contributed by atoms with Crippen LogP contribution in [0.1, 0.15) is 36.4 Å². The Morgan fingerprint density at radius 1 is 1.59 bits per heavy atom. The maximum absolute atomic E-state index is 11.4. The van der Waals surface area contributed by atoms with Gasteiger partial charge in [-0.3, -0.25) is 4.79 Å². The average Bonchev–Trinajstić information content (AvgIpc) is 3.05. The van der Waals surface area contributed by atoms with E-state index in [1.165, 1.54) is 31.1 Å². The molecule has 0 aliphatic heterocycles. The van der Waals surface area contributed by atoms with E-state index in [-0.39, 0.29) is 5.78 Å². The quantitative estimate of drug-likeness (QED) is 0.793. The molecule has 1 aromatic heterocycles. The Bertz CT molecular complexity index is 438. The lowest BCUT2D eigenvalue weighted by Crippen LogP contribution is -2.16. The molecule has 0 radical (unpaired) electrons. The summed E-state index contributed by atoms with van der Waals surface area (Å²) in [6.07, 6.45) is 2.55. The van der Waals surface area contributed by atoms with E-state index in [0.29, 0.717) is 22.4 Å². The van der Waals surface area contributed by atoms with Gasteiger partial charge in [-0.15, -0.1) is 11.3 Å². The van der Waals surface area contributed by atoms with Crippen molar-refractivity contribution < 1.29 is 9.53 Å². The average molecular weight is 254 g/mol. The van der Waals surface area contributed by atoms with Gasteiger partial charge >= 0.3 is 0 Å². The third-order valence-electron chi connectivity index (χ3n) is 3.11. The number of Topliss-reactive ketones (excluding diaryl/α,β-unsaturated/α-hetero) is 1. The van der Waals surface area contributed by atoms with Crippen LogP contribution in [0.2, 0.25) is 0 Å². The van der Waals surface area contributed by atoms with E-state index in [1.54, 1.807) is 7.11 Å². The molecule has 1 unspecified atom stereocenters. The van der Waals surface area contributed by atoms with Crippen LogP contribution in [0, 0.1) is 5.92 Å². The van der Waals surface area contributed by atoms with E-state index < -0.39 is 0 Å². The Hall–Kier alpha value is -1.23. The number of rotatable bonds is 5. The van der Waals surface area contributed by atoms with Crippen LogP contribution in [0.3, 0.4) is 0 Å². The highest BCUT2D eigenvalue weighted by Crippen LogP contribution is 2.44. The normalized spacial score (nSPS) is 16.6. The molecule has 1 atom stereocenters. The fraction of sp³-hybridized carbons (Fsp3) is 0.583. The highest BCUT2D eigenvalue weighted by Gasteiger charge is 2.29. The summed E-state index contributed by atoms with van der Waals surface area (Å²) in [7, 11) is 1.58. The molecule has 1 fully saturated rings. The molecule has 0 bridgehead atoms. The molecular weight excluding hydrogens is 236 g/mol. The second-order valence-electron chi connectivity index (χ2n) is 4.53. The van der Waals surface area contributed by atoms with Crippen molar-refractivity contribution in [3.63, 3.8) is 0 Å². The standard InChI is InChI=1S/C12H18N2O2S/c1-6(8-4-5-8)14-12-10(16-3)9(13)11(17-12)7(2)15/h6,8,14H,4-5,13H2,1-3H3. The van der Waals surface area contributed by atoms with Gasteiger partial charge in [-0.2, -0.15) is 0 Å². The van der Waals surface area contributed by atoms with Gasteiger partial charge in [0, 0.05) is 13.0 Å². The van der Waals surface area contributed by atoms with Crippen LogP contribution >= 0.6 is 11.3 Å². The van der Waals surface area contributed by atoms with Crippen LogP contribution in [0.15, 0.2) is 0 Å². The fourth-order valence-electron chi connectivity index (χ4n) is 1.91. The zero-order valence-electron chi connectivity index (χ0n) is 10.4. The number of hydrogen-bond acceptors (Lipinski definition) is 5. The summed E-state index contributed by atoms with van der Waals surface area (Å²) in [4.78, 5) is 12.0. The van der Waals surface area contributed by atoms with E-state index in [0.717, 1.165) is 10.9 Å². The smallest absolute Gasteiger partial charge is 0.176 e. The van der Waals surface area contributed by atoms with Crippen LogP contribution in [0.25, 0.3) is 0 Å². The topological polar surface area (TPSA) is 64.3 Å².